The molecule has 0 aromatic rings. The van der Waals surface area contributed by atoms with Crippen molar-refractivity contribution in [3.63, 3.8) is 0 Å². The largest absolute Gasteiger partial charge is 0.351 e. The average Bonchev–Trinajstić information content (AvgIpc) is 2.18. The second kappa shape index (κ2) is 5.55. The molecule has 0 aliphatic heterocycles. The van der Waals surface area contributed by atoms with Gasteiger partial charge in [-0.15, -0.1) is 0 Å². The van der Waals surface area contributed by atoms with Crippen LogP contribution >= 0.6 is 0 Å². The first-order valence-electron chi connectivity index (χ1n) is 6.45. The molecule has 18 heavy (non-hydrogen) atoms. The minimum atomic E-state index is -0.250. The van der Waals surface area contributed by atoms with Crippen LogP contribution in [0.3, 0.4) is 0 Å². The summed E-state index contributed by atoms with van der Waals surface area (Å²) in [6.07, 6.45) is 3.97. The van der Waals surface area contributed by atoms with E-state index in [2.05, 4.69) is 16.7 Å². The molecule has 1 aliphatic carbocycles. The molecular formula is C14H24N2O2. The maximum atomic E-state index is 11.2. The quantitative estimate of drug-likeness (QED) is 0.752. The lowest BCUT2D eigenvalue weighted by Crippen LogP contribution is -2.51. The third kappa shape index (κ3) is 3.86. The number of carbonyl (C=O) groups is 2. The lowest BCUT2D eigenvalue weighted by molar-refractivity contribution is -0.122. The Bertz CT molecular complexity index is 372. The number of hydrogen-bond donors (Lipinski definition) is 2. The van der Waals surface area contributed by atoms with Crippen LogP contribution in [-0.4, -0.2) is 23.4 Å². The molecule has 2 unspecified atom stereocenters. The minimum Gasteiger partial charge on any atom is -0.351 e. The van der Waals surface area contributed by atoms with E-state index in [1.54, 1.807) is 0 Å². The van der Waals surface area contributed by atoms with Crippen molar-refractivity contribution >= 4 is 11.8 Å². The van der Waals surface area contributed by atoms with Crippen LogP contribution in [0.25, 0.3) is 0 Å². The zero-order valence-electron chi connectivity index (χ0n) is 12.0. The van der Waals surface area contributed by atoms with Crippen molar-refractivity contribution in [3.8, 4) is 0 Å². The molecule has 0 saturated carbocycles. The lowest BCUT2D eigenvalue weighted by Gasteiger charge is -2.39. The molecule has 0 aromatic heterocycles. The molecule has 0 spiro atoms. The number of hydrogen-bond acceptors (Lipinski definition) is 2. The molecule has 4 nitrogen and oxygen atoms in total. The summed E-state index contributed by atoms with van der Waals surface area (Å²) in [5.41, 5.74) is 0.958. The standard InChI is InChI=1S/C14H24N2O2/c1-9-6-7-12(8-13(9)15-10(2)17)14(4,5)16-11(3)18/h6,12-13H,7-8H2,1-5H3,(H,15,17)(H,16,18). The van der Waals surface area contributed by atoms with Crippen LogP contribution in [0.2, 0.25) is 0 Å². The molecule has 1 aliphatic rings. The highest BCUT2D eigenvalue weighted by Crippen LogP contribution is 2.32. The normalized spacial score (nSPS) is 24.2. The first-order chi connectivity index (χ1) is 8.22. The minimum absolute atomic E-state index is 0.00858. The molecule has 0 fully saturated rings. The van der Waals surface area contributed by atoms with Crippen molar-refractivity contribution < 1.29 is 9.59 Å². The van der Waals surface area contributed by atoms with Crippen molar-refractivity contribution in [3.05, 3.63) is 11.6 Å². The molecule has 102 valence electrons. The molecule has 2 N–H and O–H groups in total. The molecule has 1 rings (SSSR count). The molecular weight excluding hydrogens is 228 g/mol. The Balaban J connectivity index is 2.76. The van der Waals surface area contributed by atoms with Gasteiger partial charge in [-0.05, 0) is 39.5 Å². The number of amides is 2. The zero-order chi connectivity index (χ0) is 13.9. The smallest absolute Gasteiger partial charge is 0.217 e. The van der Waals surface area contributed by atoms with Gasteiger partial charge in [0.05, 0.1) is 6.04 Å². The second-order valence-corrected chi connectivity index (χ2v) is 5.77. The van der Waals surface area contributed by atoms with Gasteiger partial charge < -0.3 is 10.6 Å². The highest BCUT2D eigenvalue weighted by molar-refractivity contribution is 5.74. The topological polar surface area (TPSA) is 58.2 Å². The van der Waals surface area contributed by atoms with Crippen molar-refractivity contribution in [2.45, 2.75) is 59.0 Å². The van der Waals surface area contributed by atoms with E-state index in [0.717, 1.165) is 12.8 Å². The summed E-state index contributed by atoms with van der Waals surface area (Å²) >= 11 is 0. The summed E-state index contributed by atoms with van der Waals surface area (Å²) in [5, 5.41) is 5.96. The number of rotatable bonds is 3. The van der Waals surface area contributed by atoms with Crippen LogP contribution in [0.4, 0.5) is 0 Å². The first-order valence-corrected chi connectivity index (χ1v) is 6.45. The molecule has 0 saturated heterocycles. The summed E-state index contributed by atoms with van der Waals surface area (Å²) in [6, 6.07) is 0.0919. The van der Waals surface area contributed by atoms with E-state index in [1.165, 1.54) is 19.4 Å². The molecule has 0 bridgehead atoms. The Kier molecular flexibility index (Phi) is 4.54. The van der Waals surface area contributed by atoms with Gasteiger partial charge in [-0.2, -0.15) is 0 Å². The lowest BCUT2D eigenvalue weighted by atomic mass is 9.75. The SMILES string of the molecule is CC(=O)NC1CC(C(C)(C)NC(C)=O)CC=C1C. The Labute approximate surface area is 109 Å². The van der Waals surface area contributed by atoms with E-state index in [0.29, 0.717) is 5.92 Å². The van der Waals surface area contributed by atoms with E-state index in [-0.39, 0.29) is 23.4 Å². The van der Waals surface area contributed by atoms with Crippen molar-refractivity contribution in [2.75, 3.05) is 0 Å². The fourth-order valence-corrected chi connectivity index (χ4v) is 2.60. The number of nitrogens with one attached hydrogen (secondary N) is 2. The van der Waals surface area contributed by atoms with E-state index < -0.39 is 0 Å². The monoisotopic (exact) mass is 252 g/mol. The van der Waals surface area contributed by atoms with Crippen molar-refractivity contribution in [1.82, 2.24) is 10.6 Å². The molecule has 0 radical (unpaired) electrons. The maximum absolute atomic E-state index is 11.2. The molecule has 0 aromatic carbocycles. The number of carbonyl (C=O) groups excluding carboxylic acids is 2. The first kappa shape index (κ1) is 14.7. The van der Waals surface area contributed by atoms with E-state index >= 15 is 0 Å². The molecule has 0 heterocycles. The summed E-state index contributed by atoms with van der Waals surface area (Å²) < 4.78 is 0. The van der Waals surface area contributed by atoms with Gasteiger partial charge in [-0.25, -0.2) is 0 Å². The second-order valence-electron chi connectivity index (χ2n) is 5.77. The highest BCUT2D eigenvalue weighted by atomic mass is 16.2. The van der Waals surface area contributed by atoms with Gasteiger partial charge in [0.25, 0.3) is 0 Å². The molecule has 4 heteroatoms. The molecule has 2 atom stereocenters. The third-order valence-corrected chi connectivity index (χ3v) is 3.69. The predicted octanol–water partition coefficient (Wildman–Crippen LogP) is 1.76. The van der Waals surface area contributed by atoms with E-state index in [9.17, 15) is 9.59 Å². The van der Waals surface area contributed by atoms with Gasteiger partial charge in [0.15, 0.2) is 0 Å². The Morgan fingerprint density at radius 3 is 2.39 bits per heavy atom. The van der Waals surface area contributed by atoms with Gasteiger partial charge in [-0.1, -0.05) is 11.6 Å². The maximum Gasteiger partial charge on any atom is 0.217 e. The van der Waals surface area contributed by atoms with Gasteiger partial charge in [0.1, 0.15) is 0 Å². The third-order valence-electron chi connectivity index (χ3n) is 3.69. The van der Waals surface area contributed by atoms with Crippen LogP contribution in [0.1, 0.15) is 47.5 Å². The van der Waals surface area contributed by atoms with Gasteiger partial charge >= 0.3 is 0 Å². The van der Waals surface area contributed by atoms with E-state index in [4.69, 9.17) is 0 Å². The fraction of sp³-hybridized carbons (Fsp3) is 0.714. The Morgan fingerprint density at radius 1 is 1.28 bits per heavy atom. The summed E-state index contributed by atoms with van der Waals surface area (Å²) in [5.74, 6) is 0.315. The van der Waals surface area contributed by atoms with Crippen molar-refractivity contribution in [2.24, 2.45) is 5.92 Å². The van der Waals surface area contributed by atoms with Crippen LogP contribution in [0, 0.1) is 5.92 Å². The summed E-state index contributed by atoms with van der Waals surface area (Å²) in [6.45, 7) is 9.20. The fourth-order valence-electron chi connectivity index (χ4n) is 2.60. The number of allylic oxidation sites excluding steroid dienone is 1. The Hall–Kier alpha value is -1.32. The van der Waals surface area contributed by atoms with Crippen LogP contribution in [0.15, 0.2) is 11.6 Å². The summed E-state index contributed by atoms with van der Waals surface area (Å²) in [4.78, 5) is 22.4. The van der Waals surface area contributed by atoms with Gasteiger partial charge in [-0.3, -0.25) is 9.59 Å². The molecule has 2 amide bonds. The van der Waals surface area contributed by atoms with Crippen molar-refractivity contribution in [1.29, 1.82) is 0 Å². The zero-order valence-corrected chi connectivity index (χ0v) is 12.0. The Morgan fingerprint density at radius 2 is 1.89 bits per heavy atom. The summed E-state index contributed by atoms with van der Waals surface area (Å²) in [7, 11) is 0. The van der Waals surface area contributed by atoms with Crippen LogP contribution < -0.4 is 10.6 Å². The predicted molar refractivity (Wildman–Crippen MR) is 72.0 cm³/mol. The van der Waals surface area contributed by atoms with Gasteiger partial charge in [0, 0.05) is 19.4 Å². The van der Waals surface area contributed by atoms with E-state index in [1.807, 2.05) is 20.8 Å². The van der Waals surface area contributed by atoms with Crippen LogP contribution in [0.5, 0.6) is 0 Å². The highest BCUT2D eigenvalue weighted by Gasteiger charge is 2.34. The average molecular weight is 252 g/mol. The van der Waals surface area contributed by atoms with Gasteiger partial charge in [0.2, 0.25) is 11.8 Å². The van der Waals surface area contributed by atoms with Crippen LogP contribution in [-0.2, 0) is 9.59 Å².